The van der Waals surface area contributed by atoms with E-state index in [1.807, 2.05) is 6.92 Å². The second kappa shape index (κ2) is 4.37. The number of hydrogen-bond donors (Lipinski definition) is 1. The number of hydrogen-bond acceptors (Lipinski definition) is 8. The molecule has 2 aromatic heterocycles. The van der Waals surface area contributed by atoms with Crippen molar-refractivity contribution in [1.29, 1.82) is 0 Å². The van der Waals surface area contributed by atoms with Gasteiger partial charge in [-0.1, -0.05) is 5.16 Å². The fraction of sp³-hybridized carbons (Fsp3) is 0.600. The molecule has 1 unspecified atom stereocenters. The Balaban J connectivity index is 1.86. The highest BCUT2D eigenvalue weighted by Crippen LogP contribution is 2.42. The third kappa shape index (κ3) is 1.94. The molecule has 2 aromatic rings. The molecule has 1 aliphatic rings. The molecule has 2 heterocycles. The van der Waals surface area contributed by atoms with Crippen molar-refractivity contribution in [2.24, 2.45) is 5.92 Å². The van der Waals surface area contributed by atoms with Crippen molar-refractivity contribution in [3.8, 4) is 11.6 Å². The van der Waals surface area contributed by atoms with Crippen LogP contribution in [-0.2, 0) is 4.74 Å². The Hall–Kier alpha value is -1.96. The van der Waals surface area contributed by atoms with Crippen molar-refractivity contribution in [2.45, 2.75) is 25.9 Å². The van der Waals surface area contributed by atoms with Gasteiger partial charge in [-0.05, 0) is 36.0 Å². The summed E-state index contributed by atoms with van der Waals surface area (Å²) in [6.45, 7) is 2.55. The zero-order chi connectivity index (χ0) is 12.5. The molecule has 0 saturated heterocycles. The van der Waals surface area contributed by atoms with Crippen molar-refractivity contribution < 1.29 is 13.9 Å². The third-order valence-electron chi connectivity index (χ3n) is 2.81. The van der Waals surface area contributed by atoms with Gasteiger partial charge in [0, 0.05) is 6.61 Å². The predicted molar refractivity (Wildman–Crippen MR) is 59.1 cm³/mol. The normalized spacial score (nSPS) is 16.9. The maximum atomic E-state index is 5.64. The van der Waals surface area contributed by atoms with Crippen LogP contribution >= 0.6 is 0 Å². The Bertz CT molecular complexity index is 533. The number of nitrogens with two attached hydrogens (primary N) is 1. The Kier molecular flexibility index (Phi) is 2.71. The SMILES string of the molecule is CCOC(c1noc(-c2nonc2N)n1)C1CC1. The molecule has 1 fully saturated rings. The quantitative estimate of drug-likeness (QED) is 0.842. The number of nitrogen functional groups attached to an aromatic ring is 1. The van der Waals surface area contributed by atoms with Gasteiger partial charge in [0.15, 0.2) is 0 Å². The summed E-state index contributed by atoms with van der Waals surface area (Å²) in [5.41, 5.74) is 5.83. The summed E-state index contributed by atoms with van der Waals surface area (Å²) in [7, 11) is 0. The summed E-state index contributed by atoms with van der Waals surface area (Å²) >= 11 is 0. The van der Waals surface area contributed by atoms with Crippen LogP contribution in [0.2, 0.25) is 0 Å². The molecule has 1 aliphatic carbocycles. The van der Waals surface area contributed by atoms with Crippen molar-refractivity contribution in [3.63, 3.8) is 0 Å². The van der Waals surface area contributed by atoms with E-state index in [0.717, 1.165) is 12.8 Å². The van der Waals surface area contributed by atoms with Crippen LogP contribution in [0, 0.1) is 5.92 Å². The minimum atomic E-state index is -0.117. The van der Waals surface area contributed by atoms with Gasteiger partial charge in [-0.2, -0.15) is 4.98 Å². The standard InChI is InChI=1S/C10H13N5O3/c1-2-16-7(5-3-4-5)9-12-10(17-15-9)6-8(11)14-18-13-6/h5,7H,2-4H2,1H3,(H2,11,14). The predicted octanol–water partition coefficient (Wildman–Crippen LogP) is 1.19. The van der Waals surface area contributed by atoms with Gasteiger partial charge in [0.25, 0.3) is 5.89 Å². The van der Waals surface area contributed by atoms with Crippen LogP contribution in [0.4, 0.5) is 5.82 Å². The smallest absolute Gasteiger partial charge is 0.284 e. The van der Waals surface area contributed by atoms with Crippen LogP contribution < -0.4 is 5.73 Å². The van der Waals surface area contributed by atoms with Gasteiger partial charge in [0.05, 0.1) is 0 Å². The average molecular weight is 251 g/mol. The molecule has 96 valence electrons. The highest BCUT2D eigenvalue weighted by molar-refractivity contribution is 5.60. The van der Waals surface area contributed by atoms with E-state index in [4.69, 9.17) is 15.0 Å². The molecular formula is C10H13N5O3. The van der Waals surface area contributed by atoms with Crippen LogP contribution in [-0.4, -0.2) is 27.1 Å². The lowest BCUT2D eigenvalue weighted by molar-refractivity contribution is 0.0385. The number of aromatic nitrogens is 4. The molecular weight excluding hydrogens is 238 g/mol. The van der Waals surface area contributed by atoms with Gasteiger partial charge >= 0.3 is 0 Å². The lowest BCUT2D eigenvalue weighted by Crippen LogP contribution is -2.08. The zero-order valence-corrected chi connectivity index (χ0v) is 9.87. The van der Waals surface area contributed by atoms with Crippen LogP contribution in [0.25, 0.3) is 11.6 Å². The number of anilines is 1. The fourth-order valence-electron chi connectivity index (χ4n) is 1.79. The summed E-state index contributed by atoms with van der Waals surface area (Å²) in [5, 5.41) is 11.0. The van der Waals surface area contributed by atoms with Gasteiger partial charge in [0.2, 0.25) is 17.3 Å². The molecule has 1 atom stereocenters. The van der Waals surface area contributed by atoms with Gasteiger partial charge in [-0.15, -0.1) is 0 Å². The number of nitrogens with zero attached hydrogens (tertiary/aromatic N) is 4. The van der Waals surface area contributed by atoms with Gasteiger partial charge in [-0.3, -0.25) is 0 Å². The molecule has 0 radical (unpaired) electrons. The molecule has 0 amide bonds. The molecule has 0 aromatic carbocycles. The zero-order valence-electron chi connectivity index (χ0n) is 9.87. The highest BCUT2D eigenvalue weighted by atomic mass is 16.6. The molecule has 1 saturated carbocycles. The summed E-state index contributed by atoms with van der Waals surface area (Å²) < 4.78 is 15.2. The molecule has 0 aliphatic heterocycles. The van der Waals surface area contributed by atoms with E-state index in [9.17, 15) is 0 Å². The largest absolute Gasteiger partial charge is 0.379 e. The second-order valence-corrected chi connectivity index (χ2v) is 4.17. The van der Waals surface area contributed by atoms with Crippen LogP contribution in [0.15, 0.2) is 9.15 Å². The number of ether oxygens (including phenoxy) is 1. The fourth-order valence-corrected chi connectivity index (χ4v) is 1.79. The number of rotatable bonds is 5. The van der Waals surface area contributed by atoms with Gasteiger partial charge < -0.3 is 15.0 Å². The maximum Gasteiger partial charge on any atom is 0.284 e. The van der Waals surface area contributed by atoms with Crippen LogP contribution in [0.1, 0.15) is 31.7 Å². The van der Waals surface area contributed by atoms with Crippen molar-refractivity contribution in [2.75, 3.05) is 12.3 Å². The van der Waals surface area contributed by atoms with E-state index in [1.54, 1.807) is 0 Å². The van der Waals surface area contributed by atoms with E-state index in [2.05, 4.69) is 25.1 Å². The second-order valence-electron chi connectivity index (χ2n) is 4.17. The topological polar surface area (TPSA) is 113 Å². The van der Waals surface area contributed by atoms with E-state index >= 15 is 0 Å². The Morgan fingerprint density at radius 3 is 2.83 bits per heavy atom. The Morgan fingerprint density at radius 2 is 2.22 bits per heavy atom. The highest BCUT2D eigenvalue weighted by Gasteiger charge is 2.36. The molecule has 8 heteroatoms. The van der Waals surface area contributed by atoms with Gasteiger partial charge in [-0.25, -0.2) is 4.63 Å². The lowest BCUT2D eigenvalue weighted by atomic mass is 10.2. The molecule has 18 heavy (non-hydrogen) atoms. The van der Waals surface area contributed by atoms with Crippen molar-refractivity contribution in [3.05, 3.63) is 5.82 Å². The first-order valence-electron chi connectivity index (χ1n) is 5.83. The van der Waals surface area contributed by atoms with Crippen LogP contribution in [0.5, 0.6) is 0 Å². The Labute approximate surface area is 102 Å². The first kappa shape index (κ1) is 11.1. The molecule has 0 spiro atoms. The van der Waals surface area contributed by atoms with Crippen molar-refractivity contribution in [1.82, 2.24) is 20.5 Å². The first-order valence-corrected chi connectivity index (χ1v) is 5.83. The summed E-state index contributed by atoms with van der Waals surface area (Å²) in [6.07, 6.45) is 2.14. The molecule has 0 bridgehead atoms. The van der Waals surface area contributed by atoms with E-state index in [0.29, 0.717) is 18.3 Å². The summed E-state index contributed by atoms with van der Waals surface area (Å²) in [4.78, 5) is 4.25. The van der Waals surface area contributed by atoms with Gasteiger partial charge in [0.1, 0.15) is 6.10 Å². The lowest BCUT2D eigenvalue weighted by Gasteiger charge is -2.10. The van der Waals surface area contributed by atoms with Crippen LogP contribution in [0.3, 0.4) is 0 Å². The van der Waals surface area contributed by atoms with E-state index in [-0.39, 0.29) is 23.5 Å². The summed E-state index contributed by atoms with van der Waals surface area (Å²) in [5.74, 6) is 1.33. The molecule has 8 nitrogen and oxygen atoms in total. The minimum Gasteiger partial charge on any atom is -0.379 e. The third-order valence-corrected chi connectivity index (χ3v) is 2.81. The minimum absolute atomic E-state index is 0.117. The monoisotopic (exact) mass is 251 g/mol. The van der Waals surface area contributed by atoms with E-state index < -0.39 is 0 Å². The Morgan fingerprint density at radius 1 is 1.39 bits per heavy atom. The maximum absolute atomic E-state index is 5.64. The van der Waals surface area contributed by atoms with Crippen molar-refractivity contribution >= 4 is 5.82 Å². The first-order chi connectivity index (χ1) is 8.79. The van der Waals surface area contributed by atoms with E-state index in [1.165, 1.54) is 0 Å². The summed E-state index contributed by atoms with van der Waals surface area (Å²) in [6, 6.07) is 0. The molecule has 2 N–H and O–H groups in total. The average Bonchev–Trinajstić information content (AvgIpc) is 2.93. The molecule has 3 rings (SSSR count).